The fourth-order valence-corrected chi connectivity index (χ4v) is 4.34. The normalized spacial score (nSPS) is 18.9. The molecule has 0 bridgehead atoms. The summed E-state index contributed by atoms with van der Waals surface area (Å²) in [7, 11) is 0. The fraction of sp³-hybridized carbons (Fsp3) is 0.500. The van der Waals surface area contributed by atoms with Gasteiger partial charge >= 0.3 is 12.7 Å². The van der Waals surface area contributed by atoms with E-state index >= 15 is 0 Å². The Balaban J connectivity index is 1.72. The van der Waals surface area contributed by atoms with Crippen LogP contribution in [0.3, 0.4) is 0 Å². The highest BCUT2D eigenvalue weighted by atomic mass is 19.3. The first kappa shape index (κ1) is 26.1. The van der Waals surface area contributed by atoms with Crippen LogP contribution in [0.15, 0.2) is 24.3 Å². The van der Waals surface area contributed by atoms with Gasteiger partial charge in [-0.3, -0.25) is 0 Å². The third-order valence-electron chi connectivity index (χ3n) is 6.20. The molecule has 2 aromatic carbocycles. The van der Waals surface area contributed by atoms with Crippen LogP contribution in [-0.4, -0.2) is 6.61 Å². The molecule has 0 aliphatic heterocycles. The minimum absolute atomic E-state index is 0.145. The number of hydrogen-bond donors (Lipinski definition) is 0. The summed E-state index contributed by atoms with van der Waals surface area (Å²) in [5.74, 6) is -8.24. The van der Waals surface area contributed by atoms with Crippen molar-refractivity contribution in [2.45, 2.75) is 64.6 Å². The number of benzene rings is 2. The molecule has 188 valence electrons. The van der Waals surface area contributed by atoms with Gasteiger partial charge in [0.15, 0.2) is 17.4 Å². The lowest BCUT2D eigenvalue weighted by molar-refractivity contribution is -0.189. The first-order valence-electron chi connectivity index (χ1n) is 11.0. The van der Waals surface area contributed by atoms with Crippen molar-refractivity contribution in [1.82, 2.24) is 0 Å². The predicted octanol–water partition coefficient (Wildman–Crippen LogP) is 8.12. The van der Waals surface area contributed by atoms with E-state index in [1.807, 2.05) is 0 Å². The molecule has 0 unspecified atom stereocenters. The Labute approximate surface area is 191 Å². The lowest BCUT2D eigenvalue weighted by Crippen LogP contribution is -2.25. The molecule has 1 fully saturated rings. The van der Waals surface area contributed by atoms with Gasteiger partial charge in [0.2, 0.25) is 0 Å². The van der Waals surface area contributed by atoms with Gasteiger partial charge in [0.1, 0.15) is 22.9 Å². The van der Waals surface area contributed by atoms with Gasteiger partial charge in [-0.15, -0.1) is 0 Å². The zero-order valence-electron chi connectivity index (χ0n) is 18.3. The average molecular weight is 496 g/mol. The van der Waals surface area contributed by atoms with Crippen LogP contribution in [0.2, 0.25) is 0 Å². The Morgan fingerprint density at radius 3 is 1.88 bits per heavy atom. The maximum absolute atomic E-state index is 14.5. The highest BCUT2D eigenvalue weighted by Crippen LogP contribution is 2.38. The first-order valence-corrected chi connectivity index (χ1v) is 11.0. The standard InChI is InChI=1S/C24H24F8O2/c1-2-13-3-5-14(6-4-13)7-8-15-9-17(25)21(18(26)10-15)24(31,32)34-16-11-19(27)22(20(28)12-16)33-23(29)30/h9-14,23H,2-8H2,1H3/t13-,14-. The third-order valence-corrected chi connectivity index (χ3v) is 6.20. The summed E-state index contributed by atoms with van der Waals surface area (Å²) < 4.78 is 118. The molecular weight excluding hydrogens is 472 g/mol. The van der Waals surface area contributed by atoms with E-state index in [0.717, 1.165) is 44.2 Å². The Morgan fingerprint density at radius 2 is 1.38 bits per heavy atom. The van der Waals surface area contributed by atoms with Crippen LogP contribution in [0.1, 0.15) is 56.6 Å². The zero-order valence-corrected chi connectivity index (χ0v) is 18.3. The van der Waals surface area contributed by atoms with E-state index < -0.39 is 53.1 Å². The summed E-state index contributed by atoms with van der Waals surface area (Å²) in [4.78, 5) is 0. The molecule has 2 nitrogen and oxygen atoms in total. The summed E-state index contributed by atoms with van der Waals surface area (Å²) in [6.45, 7) is -1.42. The number of aryl methyl sites for hydroxylation is 1. The van der Waals surface area contributed by atoms with Gasteiger partial charge in [-0.25, -0.2) is 17.6 Å². The molecule has 3 rings (SSSR count). The highest BCUT2D eigenvalue weighted by Gasteiger charge is 2.41. The SMILES string of the molecule is CC[C@H]1CC[C@H](CCc2cc(F)c(C(F)(F)Oc3cc(F)c(OC(F)F)c(F)c3)c(F)c2)CC1. The van der Waals surface area contributed by atoms with E-state index in [1.165, 1.54) is 0 Å². The predicted molar refractivity (Wildman–Crippen MR) is 108 cm³/mol. The second-order valence-electron chi connectivity index (χ2n) is 8.48. The molecule has 34 heavy (non-hydrogen) atoms. The van der Waals surface area contributed by atoms with Crippen molar-refractivity contribution in [3.63, 3.8) is 0 Å². The Kier molecular flexibility index (Phi) is 8.30. The number of hydrogen-bond acceptors (Lipinski definition) is 2. The molecule has 1 saturated carbocycles. The minimum Gasteiger partial charge on any atom is -0.429 e. The molecule has 2 aromatic rings. The number of rotatable bonds is 9. The smallest absolute Gasteiger partial charge is 0.429 e. The molecule has 0 N–H and O–H groups in total. The van der Waals surface area contributed by atoms with Crippen molar-refractivity contribution in [1.29, 1.82) is 0 Å². The van der Waals surface area contributed by atoms with Crippen LogP contribution >= 0.6 is 0 Å². The molecule has 0 saturated heterocycles. The first-order chi connectivity index (χ1) is 16.0. The van der Waals surface area contributed by atoms with E-state index in [4.69, 9.17) is 0 Å². The Morgan fingerprint density at radius 1 is 0.853 bits per heavy atom. The summed E-state index contributed by atoms with van der Waals surface area (Å²) in [5.41, 5.74) is -1.52. The number of alkyl halides is 4. The molecule has 0 radical (unpaired) electrons. The molecule has 0 spiro atoms. The van der Waals surface area contributed by atoms with Gasteiger partial charge in [0, 0.05) is 12.1 Å². The largest absolute Gasteiger partial charge is 0.432 e. The molecule has 0 heterocycles. The van der Waals surface area contributed by atoms with Crippen molar-refractivity contribution in [3.05, 3.63) is 58.7 Å². The van der Waals surface area contributed by atoms with Gasteiger partial charge in [0.25, 0.3) is 0 Å². The molecule has 0 atom stereocenters. The van der Waals surface area contributed by atoms with Crippen LogP contribution < -0.4 is 9.47 Å². The highest BCUT2D eigenvalue weighted by molar-refractivity contribution is 5.36. The van der Waals surface area contributed by atoms with E-state index in [0.29, 0.717) is 24.7 Å². The lowest BCUT2D eigenvalue weighted by atomic mass is 9.78. The van der Waals surface area contributed by atoms with E-state index in [-0.39, 0.29) is 17.7 Å². The third kappa shape index (κ3) is 6.33. The van der Waals surface area contributed by atoms with Crippen molar-refractivity contribution in [2.75, 3.05) is 0 Å². The van der Waals surface area contributed by atoms with Crippen LogP contribution in [0.5, 0.6) is 11.5 Å². The summed E-state index contributed by atoms with van der Waals surface area (Å²) in [5, 5.41) is 0. The van der Waals surface area contributed by atoms with Crippen molar-refractivity contribution >= 4 is 0 Å². The Hall–Kier alpha value is -2.52. The van der Waals surface area contributed by atoms with Crippen LogP contribution in [-0.2, 0) is 12.5 Å². The van der Waals surface area contributed by atoms with Crippen LogP contribution in [0.25, 0.3) is 0 Å². The van der Waals surface area contributed by atoms with Crippen LogP contribution in [0, 0.1) is 35.1 Å². The average Bonchev–Trinajstić information content (AvgIpc) is 2.74. The van der Waals surface area contributed by atoms with Gasteiger partial charge in [-0.05, 0) is 42.4 Å². The van der Waals surface area contributed by atoms with Crippen molar-refractivity contribution in [3.8, 4) is 11.5 Å². The lowest BCUT2D eigenvalue weighted by Gasteiger charge is -2.27. The summed E-state index contributed by atoms with van der Waals surface area (Å²) in [6.07, 6.45) is 1.69. The molecule has 0 amide bonds. The molecular formula is C24H24F8O2. The van der Waals surface area contributed by atoms with Gasteiger partial charge < -0.3 is 9.47 Å². The van der Waals surface area contributed by atoms with Gasteiger partial charge in [-0.2, -0.15) is 17.6 Å². The maximum Gasteiger partial charge on any atom is 0.432 e. The fourth-order valence-electron chi connectivity index (χ4n) is 4.34. The number of halogens is 8. The zero-order chi connectivity index (χ0) is 25.0. The van der Waals surface area contributed by atoms with E-state index in [1.54, 1.807) is 0 Å². The topological polar surface area (TPSA) is 18.5 Å². The summed E-state index contributed by atoms with van der Waals surface area (Å²) in [6, 6.07) is 1.86. The van der Waals surface area contributed by atoms with Crippen LogP contribution in [0.4, 0.5) is 35.1 Å². The minimum atomic E-state index is -4.64. The molecule has 0 aromatic heterocycles. The van der Waals surface area contributed by atoms with E-state index in [2.05, 4.69) is 16.4 Å². The second kappa shape index (κ2) is 10.8. The Bertz CT molecular complexity index is 941. The maximum atomic E-state index is 14.5. The molecule has 1 aliphatic carbocycles. The van der Waals surface area contributed by atoms with Gasteiger partial charge in [0.05, 0.1) is 0 Å². The quantitative estimate of drug-likeness (QED) is 0.327. The van der Waals surface area contributed by atoms with Crippen molar-refractivity contribution < 1.29 is 44.6 Å². The second-order valence-corrected chi connectivity index (χ2v) is 8.48. The summed E-state index contributed by atoms with van der Waals surface area (Å²) >= 11 is 0. The molecule has 1 aliphatic rings. The van der Waals surface area contributed by atoms with E-state index in [9.17, 15) is 35.1 Å². The number of ether oxygens (including phenoxy) is 2. The molecule has 10 heteroatoms. The monoisotopic (exact) mass is 496 g/mol. The van der Waals surface area contributed by atoms with Gasteiger partial charge in [-0.1, -0.05) is 39.0 Å². The van der Waals surface area contributed by atoms with Crippen molar-refractivity contribution in [2.24, 2.45) is 11.8 Å².